The van der Waals surface area contributed by atoms with Crippen molar-refractivity contribution in [3.05, 3.63) is 34.9 Å². The van der Waals surface area contributed by atoms with Gasteiger partial charge in [-0.2, -0.15) is 0 Å². The van der Waals surface area contributed by atoms with E-state index < -0.39 is 0 Å². The Morgan fingerprint density at radius 3 is 1.88 bits per heavy atom. The van der Waals surface area contributed by atoms with Gasteiger partial charge in [-0.05, 0) is 24.5 Å². The average Bonchev–Trinajstić information content (AvgIpc) is 2.91. The summed E-state index contributed by atoms with van der Waals surface area (Å²) in [4.78, 5) is 23.6. The van der Waals surface area contributed by atoms with Crippen molar-refractivity contribution in [2.75, 3.05) is 0 Å². The monoisotopic (exact) mass is 343 g/mol. The molecule has 0 radical (unpaired) electrons. The zero-order chi connectivity index (χ0) is 17.9. The molecule has 2 rings (SSSR count). The highest BCUT2D eigenvalue weighted by Gasteiger charge is 2.28. The van der Waals surface area contributed by atoms with Gasteiger partial charge in [0.15, 0.2) is 0 Å². The van der Waals surface area contributed by atoms with E-state index in [0.29, 0.717) is 11.1 Å². The maximum Gasteiger partial charge on any atom is 0.259 e. The van der Waals surface area contributed by atoms with Crippen molar-refractivity contribution < 1.29 is 9.59 Å². The second-order valence-corrected chi connectivity index (χ2v) is 7.26. The van der Waals surface area contributed by atoms with Gasteiger partial charge in [-0.25, -0.2) is 0 Å². The summed E-state index contributed by atoms with van der Waals surface area (Å²) in [7, 11) is 0. The van der Waals surface area contributed by atoms with Crippen molar-refractivity contribution in [3.8, 4) is 0 Å². The van der Waals surface area contributed by atoms with Crippen LogP contribution in [0.15, 0.2) is 18.2 Å². The van der Waals surface area contributed by atoms with Crippen molar-refractivity contribution >= 4 is 11.8 Å². The molecule has 0 saturated heterocycles. The number of hydrogen-bond acceptors (Lipinski definition) is 2. The number of fused-ring (bicyclic) bond motifs is 1. The molecule has 1 aromatic carbocycles. The van der Waals surface area contributed by atoms with E-state index in [9.17, 15) is 9.59 Å². The number of carbonyl (C=O) groups is 2. The van der Waals surface area contributed by atoms with E-state index in [4.69, 9.17) is 0 Å². The molecule has 0 aliphatic carbocycles. The average molecular weight is 344 g/mol. The summed E-state index contributed by atoms with van der Waals surface area (Å²) < 4.78 is 0. The molecule has 1 N–H and O–H groups in total. The topological polar surface area (TPSA) is 46.2 Å². The number of aryl methyl sites for hydroxylation is 1. The van der Waals surface area contributed by atoms with Gasteiger partial charge in [-0.3, -0.25) is 14.9 Å². The second-order valence-electron chi connectivity index (χ2n) is 7.26. The number of amides is 2. The van der Waals surface area contributed by atoms with E-state index in [1.165, 1.54) is 70.6 Å². The summed E-state index contributed by atoms with van der Waals surface area (Å²) in [5, 5.41) is 2.39. The Morgan fingerprint density at radius 2 is 1.28 bits per heavy atom. The van der Waals surface area contributed by atoms with Crippen LogP contribution in [0.2, 0.25) is 0 Å². The molecule has 3 nitrogen and oxygen atoms in total. The molecule has 1 aromatic rings. The highest BCUT2D eigenvalue weighted by molar-refractivity contribution is 6.22. The van der Waals surface area contributed by atoms with Gasteiger partial charge in [0, 0.05) is 0 Å². The van der Waals surface area contributed by atoms with Crippen molar-refractivity contribution in [3.63, 3.8) is 0 Å². The van der Waals surface area contributed by atoms with Gasteiger partial charge < -0.3 is 0 Å². The number of carbonyl (C=O) groups excluding carboxylic acids is 2. The van der Waals surface area contributed by atoms with Gasteiger partial charge in [-0.15, -0.1) is 0 Å². The van der Waals surface area contributed by atoms with Crippen molar-refractivity contribution in [1.82, 2.24) is 5.32 Å². The van der Waals surface area contributed by atoms with Crippen LogP contribution in [0.5, 0.6) is 0 Å². The fourth-order valence-electron chi connectivity index (χ4n) is 3.66. The molecular formula is C22H33NO2. The summed E-state index contributed by atoms with van der Waals surface area (Å²) in [6, 6.07) is 5.60. The molecule has 0 aromatic heterocycles. The van der Waals surface area contributed by atoms with E-state index in [1.54, 1.807) is 6.07 Å². The minimum Gasteiger partial charge on any atom is -0.288 e. The van der Waals surface area contributed by atoms with Crippen LogP contribution in [0.3, 0.4) is 0 Å². The Kier molecular flexibility index (Phi) is 8.71. The first kappa shape index (κ1) is 19.7. The lowest BCUT2D eigenvalue weighted by atomic mass is 9.97. The Morgan fingerprint density at radius 1 is 0.720 bits per heavy atom. The molecule has 0 saturated carbocycles. The van der Waals surface area contributed by atoms with Crippen molar-refractivity contribution in [2.24, 2.45) is 0 Å². The molecular weight excluding hydrogens is 310 g/mol. The SMILES string of the molecule is CCCCCCCCCCCCCCc1cccc2c1C(=O)NC2=O. The minimum atomic E-state index is -0.253. The lowest BCUT2D eigenvalue weighted by Gasteiger charge is -2.06. The zero-order valence-electron chi connectivity index (χ0n) is 15.7. The third-order valence-corrected chi connectivity index (χ3v) is 5.15. The Labute approximate surface area is 152 Å². The molecule has 25 heavy (non-hydrogen) atoms. The number of hydrogen-bond donors (Lipinski definition) is 1. The summed E-state index contributed by atoms with van der Waals surface area (Å²) >= 11 is 0. The summed E-state index contributed by atoms with van der Waals surface area (Å²) in [5.74, 6) is -0.480. The lowest BCUT2D eigenvalue weighted by molar-refractivity contribution is 0.0879. The van der Waals surface area contributed by atoms with Gasteiger partial charge >= 0.3 is 0 Å². The summed E-state index contributed by atoms with van der Waals surface area (Å²) in [6.45, 7) is 2.26. The molecule has 0 unspecified atom stereocenters. The van der Waals surface area contributed by atoms with Crippen molar-refractivity contribution in [2.45, 2.75) is 90.4 Å². The van der Waals surface area contributed by atoms with Crippen LogP contribution in [0.25, 0.3) is 0 Å². The van der Waals surface area contributed by atoms with Crippen LogP contribution in [0.4, 0.5) is 0 Å². The molecule has 1 aliphatic heterocycles. The van der Waals surface area contributed by atoms with Crippen LogP contribution in [-0.2, 0) is 6.42 Å². The number of benzene rings is 1. The molecule has 0 bridgehead atoms. The van der Waals surface area contributed by atoms with Crippen LogP contribution in [0.1, 0.15) is 110 Å². The molecule has 1 heterocycles. The maximum absolute atomic E-state index is 11.9. The molecule has 138 valence electrons. The Balaban J connectivity index is 1.53. The third kappa shape index (κ3) is 6.30. The van der Waals surface area contributed by atoms with Gasteiger partial charge in [0.25, 0.3) is 11.8 Å². The summed E-state index contributed by atoms with van der Waals surface area (Å²) in [6.07, 6.45) is 16.8. The van der Waals surface area contributed by atoms with Gasteiger partial charge in [0.2, 0.25) is 0 Å². The number of nitrogens with one attached hydrogen (secondary N) is 1. The summed E-state index contributed by atoms with van der Waals surface area (Å²) in [5.41, 5.74) is 2.17. The maximum atomic E-state index is 11.9. The fraction of sp³-hybridized carbons (Fsp3) is 0.636. The predicted molar refractivity (Wildman–Crippen MR) is 103 cm³/mol. The van der Waals surface area contributed by atoms with E-state index in [1.807, 2.05) is 12.1 Å². The zero-order valence-corrected chi connectivity index (χ0v) is 15.7. The van der Waals surface area contributed by atoms with E-state index >= 15 is 0 Å². The first-order valence-electron chi connectivity index (χ1n) is 10.2. The predicted octanol–water partition coefficient (Wildman–Crippen LogP) is 5.81. The molecule has 0 spiro atoms. The number of unbranched alkanes of at least 4 members (excludes halogenated alkanes) is 11. The standard InChI is InChI=1S/C22H33NO2/c1-2-3-4-5-6-7-8-9-10-11-12-13-15-18-16-14-17-19-20(18)22(25)23-21(19)24/h14,16-17H,2-13,15H2,1H3,(H,23,24,25). The van der Waals surface area contributed by atoms with Crippen LogP contribution in [0, 0.1) is 0 Å². The lowest BCUT2D eigenvalue weighted by Crippen LogP contribution is -2.20. The molecule has 3 heteroatoms. The second kappa shape index (κ2) is 11.1. The van der Waals surface area contributed by atoms with Crippen LogP contribution in [-0.4, -0.2) is 11.8 Å². The number of rotatable bonds is 13. The Bertz CT molecular complexity index is 565. The third-order valence-electron chi connectivity index (χ3n) is 5.15. The minimum absolute atomic E-state index is 0.227. The first-order chi connectivity index (χ1) is 12.2. The van der Waals surface area contributed by atoms with E-state index in [2.05, 4.69) is 12.2 Å². The van der Waals surface area contributed by atoms with Gasteiger partial charge in [-0.1, -0.05) is 89.7 Å². The van der Waals surface area contributed by atoms with Gasteiger partial charge in [0.1, 0.15) is 0 Å². The van der Waals surface area contributed by atoms with Crippen LogP contribution < -0.4 is 5.32 Å². The van der Waals surface area contributed by atoms with Gasteiger partial charge in [0.05, 0.1) is 11.1 Å². The fourth-order valence-corrected chi connectivity index (χ4v) is 3.66. The Hall–Kier alpha value is -1.64. The van der Waals surface area contributed by atoms with Crippen LogP contribution >= 0.6 is 0 Å². The molecule has 0 atom stereocenters. The van der Waals surface area contributed by atoms with E-state index in [0.717, 1.165) is 18.4 Å². The van der Waals surface area contributed by atoms with Crippen molar-refractivity contribution in [1.29, 1.82) is 0 Å². The highest BCUT2D eigenvalue weighted by Crippen LogP contribution is 2.22. The van der Waals surface area contributed by atoms with E-state index in [-0.39, 0.29) is 11.8 Å². The molecule has 0 fully saturated rings. The molecule has 1 aliphatic rings. The number of imide groups is 1. The quantitative estimate of drug-likeness (QED) is 0.363. The molecule has 2 amide bonds. The smallest absolute Gasteiger partial charge is 0.259 e. The largest absolute Gasteiger partial charge is 0.288 e. The normalized spacial score (nSPS) is 13.2. The first-order valence-corrected chi connectivity index (χ1v) is 10.2. The highest BCUT2D eigenvalue weighted by atomic mass is 16.2.